The summed E-state index contributed by atoms with van der Waals surface area (Å²) in [5.74, 6) is 0.307. The summed E-state index contributed by atoms with van der Waals surface area (Å²) < 4.78 is 14.1. The van der Waals surface area contributed by atoms with E-state index in [9.17, 15) is 5.26 Å². The van der Waals surface area contributed by atoms with Crippen LogP contribution in [0.4, 0.5) is 0 Å². The molecule has 0 radical (unpaired) electrons. The van der Waals surface area contributed by atoms with Gasteiger partial charge in [0.1, 0.15) is 0 Å². The van der Waals surface area contributed by atoms with Crippen molar-refractivity contribution in [1.82, 2.24) is 9.78 Å². The lowest BCUT2D eigenvalue weighted by molar-refractivity contribution is 0.00578. The molecule has 0 aromatic carbocycles. The van der Waals surface area contributed by atoms with Gasteiger partial charge in [0.15, 0.2) is 0 Å². The fraction of sp³-hybridized carbons (Fsp3) is 0.706. The molecule has 3 fully saturated rings. The Morgan fingerprint density at radius 2 is 1.96 bits per heavy atom. The molecule has 0 bridgehead atoms. The van der Waals surface area contributed by atoms with Crippen molar-refractivity contribution in [2.24, 2.45) is 17.3 Å². The van der Waals surface area contributed by atoms with E-state index in [2.05, 4.69) is 17.2 Å². The van der Waals surface area contributed by atoms with Crippen LogP contribution in [0.1, 0.15) is 46.6 Å². The van der Waals surface area contributed by atoms with Crippen molar-refractivity contribution >= 4 is 12.6 Å². The zero-order chi connectivity index (χ0) is 17.3. The van der Waals surface area contributed by atoms with Crippen LogP contribution in [0.15, 0.2) is 12.4 Å². The second-order valence-electron chi connectivity index (χ2n) is 8.32. The van der Waals surface area contributed by atoms with Crippen molar-refractivity contribution in [2.75, 3.05) is 0 Å². The van der Waals surface area contributed by atoms with Crippen molar-refractivity contribution in [3.63, 3.8) is 0 Å². The molecule has 24 heavy (non-hydrogen) atoms. The molecule has 2 unspecified atom stereocenters. The molecule has 0 amide bonds. The lowest BCUT2D eigenvalue weighted by Crippen LogP contribution is -2.41. The van der Waals surface area contributed by atoms with Crippen LogP contribution in [0.5, 0.6) is 0 Å². The molecular weight excluding hydrogens is 303 g/mol. The van der Waals surface area contributed by atoms with Crippen molar-refractivity contribution in [3.05, 3.63) is 12.4 Å². The Morgan fingerprint density at radius 1 is 1.29 bits per heavy atom. The maximum atomic E-state index is 9.22. The fourth-order valence-electron chi connectivity index (χ4n) is 4.36. The summed E-state index contributed by atoms with van der Waals surface area (Å²) in [7, 11) is -0.432. The molecule has 4 atom stereocenters. The maximum Gasteiger partial charge on any atom is 0.498 e. The van der Waals surface area contributed by atoms with Gasteiger partial charge >= 0.3 is 7.12 Å². The van der Waals surface area contributed by atoms with Crippen molar-refractivity contribution in [3.8, 4) is 12.1 Å². The van der Waals surface area contributed by atoms with E-state index in [1.54, 1.807) is 6.20 Å². The molecule has 7 heteroatoms. The highest BCUT2D eigenvalue weighted by Crippen LogP contribution is 2.78. The van der Waals surface area contributed by atoms with Crippen LogP contribution in [0.2, 0.25) is 0 Å². The molecule has 4 rings (SSSR count). The van der Waals surface area contributed by atoms with Gasteiger partial charge in [0, 0.05) is 35.6 Å². The van der Waals surface area contributed by atoms with Gasteiger partial charge in [-0.05, 0) is 34.1 Å². The zero-order valence-electron chi connectivity index (χ0n) is 14.5. The number of fused-ring (bicyclic) bond motifs is 1. The maximum absolute atomic E-state index is 9.22. The predicted molar refractivity (Wildman–Crippen MR) is 86.9 cm³/mol. The van der Waals surface area contributed by atoms with Crippen molar-refractivity contribution in [2.45, 2.75) is 57.8 Å². The molecule has 6 nitrogen and oxygen atoms in total. The number of rotatable bonds is 3. The highest BCUT2D eigenvalue weighted by Gasteiger charge is 2.76. The second kappa shape index (κ2) is 4.62. The SMILES string of the molecule is CC1(C)OB(c2cnn(C3C4[C@H](C#N)C[C@@]43CC#N)c2)OC1(C)C. The molecule has 1 aromatic rings. The first-order valence-electron chi connectivity index (χ1n) is 8.42. The van der Waals surface area contributed by atoms with Gasteiger partial charge in [0.05, 0.1) is 35.3 Å². The molecular formula is C17H21BN4O2. The molecule has 1 aromatic heterocycles. The minimum atomic E-state index is -0.432. The van der Waals surface area contributed by atoms with Gasteiger partial charge < -0.3 is 9.31 Å². The first-order valence-corrected chi connectivity index (χ1v) is 8.42. The summed E-state index contributed by atoms with van der Waals surface area (Å²) in [6.45, 7) is 8.10. The summed E-state index contributed by atoms with van der Waals surface area (Å²) >= 11 is 0. The molecule has 0 spiro atoms. The smallest absolute Gasteiger partial charge is 0.399 e. The molecule has 2 aliphatic carbocycles. The summed E-state index contributed by atoms with van der Waals surface area (Å²) in [6.07, 6.45) is 5.03. The third-order valence-corrected chi connectivity index (χ3v) is 6.52. The van der Waals surface area contributed by atoms with Crippen LogP contribution in [-0.2, 0) is 9.31 Å². The van der Waals surface area contributed by atoms with E-state index < -0.39 is 7.12 Å². The monoisotopic (exact) mass is 324 g/mol. The third-order valence-electron chi connectivity index (χ3n) is 6.52. The van der Waals surface area contributed by atoms with Crippen LogP contribution in [0, 0.1) is 39.9 Å². The van der Waals surface area contributed by atoms with Crippen LogP contribution in [-0.4, -0.2) is 28.1 Å². The first-order chi connectivity index (χ1) is 11.3. The molecule has 2 heterocycles. The number of aromatic nitrogens is 2. The Hall–Kier alpha value is -1.83. The first kappa shape index (κ1) is 15.7. The van der Waals surface area contributed by atoms with Gasteiger partial charge in [-0.25, -0.2) is 0 Å². The highest BCUT2D eigenvalue weighted by molar-refractivity contribution is 6.62. The van der Waals surface area contributed by atoms with E-state index in [4.69, 9.17) is 14.6 Å². The number of hydrogen-bond acceptors (Lipinski definition) is 5. The van der Waals surface area contributed by atoms with Crippen molar-refractivity contribution < 1.29 is 9.31 Å². The van der Waals surface area contributed by atoms with Gasteiger partial charge in [-0.15, -0.1) is 0 Å². The van der Waals surface area contributed by atoms with E-state index in [0.717, 1.165) is 11.9 Å². The fourth-order valence-corrected chi connectivity index (χ4v) is 4.36. The van der Waals surface area contributed by atoms with Gasteiger partial charge in [0.25, 0.3) is 0 Å². The summed E-state index contributed by atoms with van der Waals surface area (Å²) in [5.41, 5.74) is 0.0769. The van der Waals surface area contributed by atoms with E-state index in [1.165, 1.54) is 0 Å². The van der Waals surface area contributed by atoms with Gasteiger partial charge in [-0.3, -0.25) is 4.68 Å². The number of nitrogens with zero attached hydrogens (tertiary/aromatic N) is 4. The summed E-state index contributed by atoms with van der Waals surface area (Å²) in [5, 5.41) is 22.8. The lowest BCUT2D eigenvalue weighted by atomic mass is 9.74. The Labute approximate surface area is 142 Å². The second-order valence-corrected chi connectivity index (χ2v) is 8.32. The van der Waals surface area contributed by atoms with Gasteiger partial charge in [0.2, 0.25) is 0 Å². The zero-order valence-corrected chi connectivity index (χ0v) is 14.5. The average molecular weight is 324 g/mol. The van der Waals surface area contributed by atoms with Crippen LogP contribution >= 0.6 is 0 Å². The summed E-state index contributed by atoms with van der Waals surface area (Å²) in [6, 6.07) is 4.79. The Morgan fingerprint density at radius 3 is 2.54 bits per heavy atom. The molecule has 2 saturated carbocycles. The summed E-state index contributed by atoms with van der Waals surface area (Å²) in [4.78, 5) is 0. The Balaban J connectivity index is 1.55. The van der Waals surface area contributed by atoms with Crippen LogP contribution < -0.4 is 5.46 Å². The van der Waals surface area contributed by atoms with Crippen LogP contribution in [0.3, 0.4) is 0 Å². The average Bonchev–Trinajstić information content (AvgIpc) is 2.83. The lowest BCUT2D eigenvalue weighted by Gasteiger charge is -2.32. The quantitative estimate of drug-likeness (QED) is 0.792. The van der Waals surface area contributed by atoms with E-state index in [-0.39, 0.29) is 34.5 Å². The molecule has 124 valence electrons. The largest absolute Gasteiger partial charge is 0.498 e. The number of nitriles is 2. The topological polar surface area (TPSA) is 83.9 Å². The predicted octanol–water partition coefficient (Wildman–Crippen LogP) is 1.80. The van der Waals surface area contributed by atoms with E-state index in [1.807, 2.05) is 38.6 Å². The molecule has 3 aliphatic rings. The van der Waals surface area contributed by atoms with Gasteiger partial charge in [-0.1, -0.05) is 0 Å². The normalized spacial score (nSPS) is 37.9. The van der Waals surface area contributed by atoms with Gasteiger partial charge in [-0.2, -0.15) is 15.6 Å². The molecule has 1 saturated heterocycles. The third kappa shape index (κ3) is 1.86. The Kier molecular flexibility index (Phi) is 3.02. The van der Waals surface area contributed by atoms with Crippen LogP contribution in [0.25, 0.3) is 0 Å². The highest BCUT2D eigenvalue weighted by atomic mass is 16.7. The van der Waals surface area contributed by atoms with E-state index >= 15 is 0 Å². The molecule has 0 N–H and O–H groups in total. The standard InChI is InChI=1S/C17H21BN4O2/c1-15(2)16(3,4)24-18(23-15)12-9-21-22(10-12)14-13-11(8-20)7-17(13,14)5-6-19/h9-11,13-14H,5,7H2,1-4H3/t11-,13?,14?,17-/m0/s1. The van der Waals surface area contributed by atoms with E-state index in [0.29, 0.717) is 6.42 Å². The van der Waals surface area contributed by atoms with Crippen molar-refractivity contribution in [1.29, 1.82) is 10.5 Å². The number of hydrogen-bond donors (Lipinski definition) is 0. The minimum Gasteiger partial charge on any atom is -0.399 e. The minimum absolute atomic E-state index is 0.0473. The Bertz CT molecular complexity index is 758. The molecule has 1 aliphatic heterocycles.